The van der Waals surface area contributed by atoms with Gasteiger partial charge in [0.2, 0.25) is 5.91 Å². The van der Waals surface area contributed by atoms with Crippen molar-refractivity contribution in [1.82, 2.24) is 5.32 Å². The van der Waals surface area contributed by atoms with Crippen LogP contribution in [-0.2, 0) is 19.1 Å². The standard InChI is InChI=1S/C17H33NO4/c1-15(2)14-22-12-5-4-11-21-13-7-10-18-17(20)9-6-8-16(3)19/h15H,4-14H2,1-3H3,(H,18,20). The summed E-state index contributed by atoms with van der Waals surface area (Å²) in [6.45, 7) is 9.52. The van der Waals surface area contributed by atoms with Crippen molar-refractivity contribution in [3.05, 3.63) is 0 Å². The Morgan fingerprint density at radius 2 is 1.55 bits per heavy atom. The molecule has 5 nitrogen and oxygen atoms in total. The number of hydrogen-bond donors (Lipinski definition) is 1. The van der Waals surface area contributed by atoms with Crippen molar-refractivity contribution in [1.29, 1.82) is 0 Å². The number of hydrogen-bond acceptors (Lipinski definition) is 4. The predicted molar refractivity (Wildman–Crippen MR) is 87.9 cm³/mol. The molecule has 1 N–H and O–H groups in total. The van der Waals surface area contributed by atoms with Crippen molar-refractivity contribution in [2.45, 2.75) is 59.3 Å². The molecule has 22 heavy (non-hydrogen) atoms. The van der Waals surface area contributed by atoms with E-state index < -0.39 is 0 Å². The van der Waals surface area contributed by atoms with Crippen molar-refractivity contribution in [2.75, 3.05) is 33.0 Å². The molecule has 1 amide bonds. The maximum absolute atomic E-state index is 11.4. The number of Topliss-reactive ketones (excluding diaryl/α,β-unsaturated/α-hetero) is 1. The van der Waals surface area contributed by atoms with Gasteiger partial charge >= 0.3 is 0 Å². The van der Waals surface area contributed by atoms with Crippen LogP contribution in [0, 0.1) is 5.92 Å². The Balaban J connectivity index is 3.16. The highest BCUT2D eigenvalue weighted by Crippen LogP contribution is 1.97. The van der Waals surface area contributed by atoms with Gasteiger partial charge in [-0.05, 0) is 38.5 Å². The van der Waals surface area contributed by atoms with Gasteiger partial charge in [-0.2, -0.15) is 0 Å². The van der Waals surface area contributed by atoms with E-state index in [9.17, 15) is 9.59 Å². The monoisotopic (exact) mass is 315 g/mol. The molecule has 0 radical (unpaired) electrons. The van der Waals surface area contributed by atoms with Gasteiger partial charge in [0.15, 0.2) is 0 Å². The zero-order valence-electron chi connectivity index (χ0n) is 14.5. The zero-order valence-corrected chi connectivity index (χ0v) is 14.5. The molecule has 5 heteroatoms. The van der Waals surface area contributed by atoms with Gasteiger partial charge in [0, 0.05) is 45.8 Å². The maximum Gasteiger partial charge on any atom is 0.220 e. The van der Waals surface area contributed by atoms with Gasteiger partial charge in [0.1, 0.15) is 5.78 Å². The quantitative estimate of drug-likeness (QED) is 0.472. The summed E-state index contributed by atoms with van der Waals surface area (Å²) in [4.78, 5) is 22.2. The van der Waals surface area contributed by atoms with E-state index in [-0.39, 0.29) is 11.7 Å². The molecular formula is C17H33NO4. The van der Waals surface area contributed by atoms with Crippen molar-refractivity contribution in [2.24, 2.45) is 5.92 Å². The highest BCUT2D eigenvalue weighted by molar-refractivity contribution is 5.78. The molecule has 0 aromatic carbocycles. The lowest BCUT2D eigenvalue weighted by Crippen LogP contribution is -2.25. The van der Waals surface area contributed by atoms with Gasteiger partial charge in [-0.1, -0.05) is 13.8 Å². The van der Waals surface area contributed by atoms with Crippen LogP contribution in [-0.4, -0.2) is 44.7 Å². The minimum atomic E-state index is 0.0172. The second-order valence-corrected chi connectivity index (χ2v) is 6.05. The van der Waals surface area contributed by atoms with E-state index in [1.165, 1.54) is 0 Å². The topological polar surface area (TPSA) is 64.6 Å². The number of carbonyl (C=O) groups excluding carboxylic acids is 2. The number of amides is 1. The summed E-state index contributed by atoms with van der Waals surface area (Å²) in [5, 5.41) is 2.84. The Hall–Kier alpha value is -0.940. The Bertz CT molecular complexity index is 292. The summed E-state index contributed by atoms with van der Waals surface area (Å²) in [5.74, 6) is 0.744. The summed E-state index contributed by atoms with van der Waals surface area (Å²) in [5.41, 5.74) is 0. The number of rotatable bonds is 15. The molecule has 0 saturated heterocycles. The fourth-order valence-electron chi connectivity index (χ4n) is 1.82. The van der Waals surface area contributed by atoms with Crippen molar-refractivity contribution >= 4 is 11.7 Å². The van der Waals surface area contributed by atoms with Crippen LogP contribution in [0.2, 0.25) is 0 Å². The van der Waals surface area contributed by atoms with E-state index in [1.54, 1.807) is 6.92 Å². The Morgan fingerprint density at radius 1 is 0.909 bits per heavy atom. The number of nitrogens with one attached hydrogen (secondary N) is 1. The first-order valence-electron chi connectivity index (χ1n) is 8.44. The van der Waals surface area contributed by atoms with Gasteiger partial charge in [0.05, 0.1) is 0 Å². The number of ether oxygens (including phenoxy) is 2. The van der Waals surface area contributed by atoms with Crippen LogP contribution in [0.25, 0.3) is 0 Å². The highest BCUT2D eigenvalue weighted by Gasteiger charge is 2.01. The molecule has 0 unspecified atom stereocenters. The lowest BCUT2D eigenvalue weighted by atomic mass is 10.2. The van der Waals surface area contributed by atoms with Crippen LogP contribution in [0.3, 0.4) is 0 Å². The maximum atomic E-state index is 11.4. The van der Waals surface area contributed by atoms with E-state index in [1.807, 2.05) is 0 Å². The first kappa shape index (κ1) is 21.1. The van der Waals surface area contributed by atoms with Crippen LogP contribution < -0.4 is 5.32 Å². The molecule has 0 atom stereocenters. The third-order valence-electron chi connectivity index (χ3n) is 3.00. The summed E-state index contributed by atoms with van der Waals surface area (Å²) in [6, 6.07) is 0. The largest absolute Gasteiger partial charge is 0.381 e. The van der Waals surface area contributed by atoms with Crippen molar-refractivity contribution in [3.8, 4) is 0 Å². The molecule has 0 aromatic heterocycles. The molecule has 0 rings (SSSR count). The number of ketones is 1. The molecule has 0 aliphatic carbocycles. The zero-order chi connectivity index (χ0) is 16.6. The van der Waals surface area contributed by atoms with Crippen LogP contribution in [0.4, 0.5) is 0 Å². The van der Waals surface area contributed by atoms with Gasteiger partial charge in [-0.25, -0.2) is 0 Å². The van der Waals surface area contributed by atoms with E-state index in [0.29, 0.717) is 38.3 Å². The highest BCUT2D eigenvalue weighted by atomic mass is 16.5. The Labute approximate surface area is 135 Å². The third kappa shape index (κ3) is 17.1. The molecule has 0 fully saturated rings. The van der Waals surface area contributed by atoms with E-state index in [4.69, 9.17) is 9.47 Å². The van der Waals surface area contributed by atoms with Crippen molar-refractivity contribution in [3.63, 3.8) is 0 Å². The number of unbranched alkanes of at least 4 members (excludes halogenated alkanes) is 1. The first-order chi connectivity index (χ1) is 10.5. The summed E-state index contributed by atoms with van der Waals surface area (Å²) in [6.07, 6.45) is 4.40. The predicted octanol–water partition coefficient (Wildman–Crippen LogP) is 2.72. The molecule has 0 aliphatic rings. The van der Waals surface area contributed by atoms with Crippen LogP contribution >= 0.6 is 0 Å². The molecule has 0 aliphatic heterocycles. The lowest BCUT2D eigenvalue weighted by Gasteiger charge is -2.07. The second kappa shape index (κ2) is 15.0. The Morgan fingerprint density at radius 3 is 2.18 bits per heavy atom. The first-order valence-corrected chi connectivity index (χ1v) is 8.44. The van der Waals surface area contributed by atoms with E-state index in [2.05, 4.69) is 19.2 Å². The van der Waals surface area contributed by atoms with E-state index in [0.717, 1.165) is 39.1 Å². The molecule has 130 valence electrons. The lowest BCUT2D eigenvalue weighted by molar-refractivity contribution is -0.121. The summed E-state index contributed by atoms with van der Waals surface area (Å²) in [7, 11) is 0. The number of carbonyl (C=O) groups is 2. The van der Waals surface area contributed by atoms with Gasteiger partial charge in [-0.15, -0.1) is 0 Å². The average molecular weight is 315 g/mol. The minimum absolute atomic E-state index is 0.0172. The SMILES string of the molecule is CC(=O)CCCC(=O)NCCCOCCCCOCC(C)C. The second-order valence-electron chi connectivity index (χ2n) is 6.05. The third-order valence-corrected chi connectivity index (χ3v) is 3.00. The molecular weight excluding hydrogens is 282 g/mol. The molecule has 0 spiro atoms. The molecule has 0 heterocycles. The van der Waals surface area contributed by atoms with Gasteiger partial charge < -0.3 is 19.6 Å². The van der Waals surface area contributed by atoms with Crippen LogP contribution in [0.15, 0.2) is 0 Å². The van der Waals surface area contributed by atoms with Crippen LogP contribution in [0.5, 0.6) is 0 Å². The summed E-state index contributed by atoms with van der Waals surface area (Å²) < 4.78 is 11.0. The minimum Gasteiger partial charge on any atom is -0.381 e. The summed E-state index contributed by atoms with van der Waals surface area (Å²) >= 11 is 0. The normalized spacial score (nSPS) is 10.9. The smallest absolute Gasteiger partial charge is 0.220 e. The van der Waals surface area contributed by atoms with Gasteiger partial charge in [-0.3, -0.25) is 4.79 Å². The van der Waals surface area contributed by atoms with E-state index >= 15 is 0 Å². The van der Waals surface area contributed by atoms with Crippen LogP contribution in [0.1, 0.15) is 59.3 Å². The fourth-order valence-corrected chi connectivity index (χ4v) is 1.82. The fraction of sp³-hybridized carbons (Fsp3) is 0.882. The molecule has 0 bridgehead atoms. The van der Waals surface area contributed by atoms with Crippen molar-refractivity contribution < 1.29 is 19.1 Å². The van der Waals surface area contributed by atoms with Gasteiger partial charge in [0.25, 0.3) is 0 Å². The molecule has 0 saturated carbocycles. The molecule has 0 aromatic rings. The Kier molecular flexibility index (Phi) is 14.3. The average Bonchev–Trinajstić information content (AvgIpc) is 2.44.